The first-order valence-electron chi connectivity index (χ1n) is 6.92. The molecular weight excluding hydrogens is 823 g/mol. The molecular formula is C13H19I4N4NaO3S. The minimum Gasteiger partial charge on any atom is -1.00 e. The standard InChI is InChI=1S/C7H11IN2O3S.C6H8I2N2.HI.Na/c1-6(5-13-14(2,11)12)10-4-7(8)3-9-10;1-5(2-7)10-4-6(8)3-9-10;;/h3-4,6H,5H2,1-2H3;3-5H,2H2,1H3;1H;/q;;;+1/p-1. The van der Waals surface area contributed by atoms with Gasteiger partial charge in [-0.1, -0.05) is 22.6 Å². The van der Waals surface area contributed by atoms with Crippen molar-refractivity contribution >= 4 is 77.9 Å². The molecule has 0 aliphatic carbocycles. The first-order valence-corrected chi connectivity index (χ1v) is 12.4. The molecule has 0 amide bonds. The summed E-state index contributed by atoms with van der Waals surface area (Å²) in [6.45, 7) is 4.11. The Labute approximate surface area is 235 Å². The van der Waals surface area contributed by atoms with Crippen molar-refractivity contribution in [3.8, 4) is 0 Å². The van der Waals surface area contributed by atoms with Gasteiger partial charge >= 0.3 is 29.6 Å². The van der Waals surface area contributed by atoms with Crippen LogP contribution in [-0.2, 0) is 14.3 Å². The van der Waals surface area contributed by atoms with Crippen LogP contribution < -0.4 is 53.5 Å². The van der Waals surface area contributed by atoms with Crippen LogP contribution in [0.1, 0.15) is 25.9 Å². The van der Waals surface area contributed by atoms with Gasteiger partial charge in [0.1, 0.15) is 0 Å². The van der Waals surface area contributed by atoms with Crippen LogP contribution in [-0.4, -0.2) is 45.3 Å². The van der Waals surface area contributed by atoms with Crippen LogP contribution in [0.2, 0.25) is 0 Å². The largest absolute Gasteiger partial charge is 1.00 e. The zero-order chi connectivity index (χ0) is 18.3. The van der Waals surface area contributed by atoms with Crippen LogP contribution in [0.25, 0.3) is 0 Å². The summed E-state index contributed by atoms with van der Waals surface area (Å²) in [7, 11) is -3.36. The summed E-state index contributed by atoms with van der Waals surface area (Å²) in [5, 5.41) is 8.24. The second kappa shape index (κ2) is 15.1. The van der Waals surface area contributed by atoms with Crippen molar-refractivity contribution in [3.05, 3.63) is 31.9 Å². The van der Waals surface area contributed by atoms with Gasteiger partial charge < -0.3 is 24.0 Å². The molecule has 0 bridgehead atoms. The van der Waals surface area contributed by atoms with E-state index in [0.29, 0.717) is 6.04 Å². The quantitative estimate of drug-likeness (QED) is 0.140. The van der Waals surface area contributed by atoms with Gasteiger partial charge in [-0.25, -0.2) is 0 Å². The van der Waals surface area contributed by atoms with Crippen molar-refractivity contribution in [1.29, 1.82) is 0 Å². The fourth-order valence-corrected chi connectivity index (χ4v) is 3.15. The number of alkyl halides is 1. The van der Waals surface area contributed by atoms with Crippen LogP contribution in [0.3, 0.4) is 0 Å². The molecule has 0 aliphatic heterocycles. The smallest absolute Gasteiger partial charge is 1.00 e. The van der Waals surface area contributed by atoms with Crippen molar-refractivity contribution in [2.45, 2.75) is 25.9 Å². The van der Waals surface area contributed by atoms with Gasteiger partial charge in [-0.3, -0.25) is 13.5 Å². The molecule has 0 saturated heterocycles. The molecule has 2 aromatic rings. The summed E-state index contributed by atoms with van der Waals surface area (Å²) in [5.74, 6) is 0. The Morgan fingerprint density at radius 3 is 1.81 bits per heavy atom. The molecule has 0 fully saturated rings. The first-order chi connectivity index (χ1) is 11.1. The molecule has 0 aliphatic rings. The monoisotopic (exact) mass is 842 g/mol. The van der Waals surface area contributed by atoms with Crippen molar-refractivity contribution in [2.75, 3.05) is 17.3 Å². The number of hydrogen-bond donors (Lipinski definition) is 0. The molecule has 2 heterocycles. The summed E-state index contributed by atoms with van der Waals surface area (Å²) in [6, 6.07) is 0.428. The molecule has 0 spiro atoms. The molecule has 2 rings (SSSR count). The Morgan fingerprint density at radius 1 is 1.08 bits per heavy atom. The number of rotatable bonds is 6. The average Bonchev–Trinajstić information content (AvgIpc) is 3.12. The van der Waals surface area contributed by atoms with Gasteiger partial charge in [0, 0.05) is 16.8 Å². The molecule has 7 nitrogen and oxygen atoms in total. The van der Waals surface area contributed by atoms with Gasteiger partial charge in [0.2, 0.25) is 0 Å². The average molecular weight is 842 g/mol. The van der Waals surface area contributed by atoms with E-state index in [0.717, 1.165) is 14.3 Å². The third-order valence-corrected chi connectivity index (χ3v) is 5.74. The SMILES string of the molecule is CC(CI)n1cc(I)cn1.CC(COS(C)(=O)=O)n1cc(I)cn1.[I-].[Na+]. The second-order valence-corrected chi connectivity index (χ2v) is 10.1. The maximum Gasteiger partial charge on any atom is 1.00 e. The molecule has 0 saturated carbocycles. The molecule has 2 unspecified atom stereocenters. The molecule has 144 valence electrons. The molecule has 26 heavy (non-hydrogen) atoms. The summed E-state index contributed by atoms with van der Waals surface area (Å²) in [5.41, 5.74) is 0. The maximum absolute atomic E-state index is 10.7. The summed E-state index contributed by atoms with van der Waals surface area (Å²) >= 11 is 6.76. The fraction of sp³-hybridized carbons (Fsp3) is 0.538. The molecule has 2 atom stereocenters. The van der Waals surface area contributed by atoms with Crippen molar-refractivity contribution in [3.63, 3.8) is 0 Å². The zero-order valence-corrected chi connectivity index (χ0v) is 26.3. The molecule has 0 aromatic carbocycles. The number of hydrogen-bond acceptors (Lipinski definition) is 5. The fourth-order valence-electron chi connectivity index (χ4n) is 1.48. The predicted octanol–water partition coefficient (Wildman–Crippen LogP) is -2.48. The Bertz CT molecular complexity index is 741. The molecule has 0 radical (unpaired) electrons. The number of aromatic nitrogens is 4. The first kappa shape index (κ1) is 30.4. The van der Waals surface area contributed by atoms with Crippen molar-refractivity contribution < 1.29 is 66.1 Å². The van der Waals surface area contributed by atoms with E-state index in [1.54, 1.807) is 10.9 Å². The van der Waals surface area contributed by atoms with Gasteiger partial charge in [0.25, 0.3) is 10.1 Å². The summed E-state index contributed by atoms with van der Waals surface area (Å²) < 4.78 is 33.1. The van der Waals surface area contributed by atoms with Crippen molar-refractivity contribution in [2.24, 2.45) is 0 Å². The minimum absolute atomic E-state index is 0. The second-order valence-electron chi connectivity index (χ2n) is 5.12. The van der Waals surface area contributed by atoms with E-state index in [4.69, 9.17) is 0 Å². The number of halogens is 4. The van der Waals surface area contributed by atoms with Crippen molar-refractivity contribution in [1.82, 2.24) is 19.6 Å². The Morgan fingerprint density at radius 2 is 1.50 bits per heavy atom. The topological polar surface area (TPSA) is 79.0 Å². The third kappa shape index (κ3) is 12.7. The normalized spacial score (nSPS) is 12.8. The van der Waals surface area contributed by atoms with Crippen LogP contribution in [0, 0.1) is 7.14 Å². The Hall–Kier alpha value is 2.25. The van der Waals surface area contributed by atoms with Gasteiger partial charge in [-0.2, -0.15) is 18.6 Å². The van der Waals surface area contributed by atoms with Crippen LogP contribution in [0.5, 0.6) is 0 Å². The van der Waals surface area contributed by atoms with E-state index >= 15 is 0 Å². The van der Waals surface area contributed by atoms with E-state index in [1.165, 1.54) is 3.57 Å². The van der Waals surface area contributed by atoms with Gasteiger partial charge in [0.05, 0.1) is 44.5 Å². The van der Waals surface area contributed by atoms with E-state index in [-0.39, 0.29) is 66.2 Å². The van der Waals surface area contributed by atoms with Crippen LogP contribution >= 0.6 is 67.8 Å². The summed E-state index contributed by atoms with van der Waals surface area (Å²) in [4.78, 5) is 0. The molecule has 13 heteroatoms. The molecule has 2 aromatic heterocycles. The summed E-state index contributed by atoms with van der Waals surface area (Å²) in [6.07, 6.45) is 8.51. The van der Waals surface area contributed by atoms with E-state index in [1.807, 2.05) is 24.0 Å². The van der Waals surface area contributed by atoms with Crippen LogP contribution in [0.4, 0.5) is 0 Å². The van der Waals surface area contributed by atoms with Crippen LogP contribution in [0.15, 0.2) is 24.8 Å². The number of nitrogens with zero attached hydrogens (tertiary/aromatic N) is 4. The van der Waals surface area contributed by atoms with Gasteiger partial charge in [0.15, 0.2) is 0 Å². The van der Waals surface area contributed by atoms with E-state index in [9.17, 15) is 8.42 Å². The van der Waals surface area contributed by atoms with Gasteiger partial charge in [-0.15, -0.1) is 0 Å². The third-order valence-electron chi connectivity index (χ3n) is 2.79. The Kier molecular flexibility index (Phi) is 17.7. The van der Waals surface area contributed by atoms with E-state index < -0.39 is 10.1 Å². The van der Waals surface area contributed by atoms with Gasteiger partial charge in [-0.05, 0) is 59.0 Å². The minimum atomic E-state index is -3.36. The van der Waals surface area contributed by atoms with E-state index in [2.05, 4.69) is 95.3 Å². The molecule has 0 N–H and O–H groups in total. The predicted molar refractivity (Wildman–Crippen MR) is 119 cm³/mol. The zero-order valence-electron chi connectivity index (χ0n) is 14.8. The Balaban J connectivity index is 0. The maximum atomic E-state index is 10.7.